The first-order chi connectivity index (χ1) is 29.2. The van der Waals surface area contributed by atoms with E-state index in [4.69, 9.17) is 23.2 Å². The molecule has 16 nitrogen and oxygen atoms in total. The fraction of sp³-hybridized carbons (Fsp3) is 0.150. The predicted molar refractivity (Wildman–Crippen MR) is 232 cm³/mol. The number of thiazole rings is 2. The largest absolute Gasteiger partial charge is 0.344 e. The Morgan fingerprint density at radius 1 is 0.567 bits per heavy atom. The minimum absolute atomic E-state index is 0.313. The van der Waals surface area contributed by atoms with Gasteiger partial charge in [-0.15, -0.1) is 32.9 Å². The van der Waals surface area contributed by atoms with Gasteiger partial charge in [0.05, 0.1) is 70.7 Å². The Bertz CT molecular complexity index is 3200. The predicted octanol–water partition coefficient (Wildman–Crippen LogP) is 8.01. The second-order valence-corrected chi connectivity index (χ2v) is 16.3. The first-order valence-electron chi connectivity index (χ1n) is 18.5. The van der Waals surface area contributed by atoms with Gasteiger partial charge in [0.1, 0.15) is 32.7 Å². The van der Waals surface area contributed by atoms with Crippen LogP contribution in [0.15, 0.2) is 95.7 Å². The molecule has 300 valence electrons. The number of aromatic nitrogens is 12. The van der Waals surface area contributed by atoms with E-state index in [1.54, 1.807) is 12.1 Å². The summed E-state index contributed by atoms with van der Waals surface area (Å²) in [5, 5.41) is 28.5. The molecule has 2 amide bonds. The number of benzene rings is 4. The van der Waals surface area contributed by atoms with Crippen molar-refractivity contribution in [1.29, 1.82) is 0 Å². The first kappa shape index (κ1) is 38.9. The van der Waals surface area contributed by atoms with E-state index in [2.05, 4.69) is 60.3 Å². The molecule has 2 N–H and O–H groups in total. The minimum atomic E-state index is -0.341. The molecule has 60 heavy (non-hydrogen) atoms. The van der Waals surface area contributed by atoms with E-state index in [-0.39, 0.29) is 12.1 Å². The number of hydrogen-bond donors (Lipinski definition) is 2. The number of hydrogen-bond acceptors (Lipinski definition) is 12. The number of rotatable bonds is 8. The summed E-state index contributed by atoms with van der Waals surface area (Å²) < 4.78 is 6.70. The molecule has 0 saturated carbocycles. The van der Waals surface area contributed by atoms with Crippen molar-refractivity contribution >= 4 is 102 Å². The highest BCUT2D eigenvalue weighted by Crippen LogP contribution is 2.24. The SMILES string of the molecule is Cc1nc2cc(Cl)ccc2n1Cc1csc(CNC(=O)n2nnc3ccccc32)n1.Cc1nc2ccc(Cl)cc2n1Cc1csc(CNC(=O)n2nnc3ccccc32)n1. The number of nitrogens with zero attached hydrogens (tertiary/aromatic N) is 12. The van der Waals surface area contributed by atoms with E-state index in [1.807, 2.05) is 97.4 Å². The Hall–Kier alpha value is -6.60. The van der Waals surface area contributed by atoms with Crippen molar-refractivity contribution in [2.45, 2.75) is 40.0 Å². The zero-order valence-corrected chi connectivity index (χ0v) is 35.0. The molecule has 0 fully saturated rings. The van der Waals surface area contributed by atoms with Gasteiger partial charge in [0.2, 0.25) is 0 Å². The van der Waals surface area contributed by atoms with E-state index >= 15 is 0 Å². The third-order valence-electron chi connectivity index (χ3n) is 9.51. The van der Waals surface area contributed by atoms with Gasteiger partial charge in [-0.1, -0.05) is 57.9 Å². The third kappa shape index (κ3) is 8.04. The van der Waals surface area contributed by atoms with E-state index < -0.39 is 0 Å². The van der Waals surface area contributed by atoms with Crippen LogP contribution in [-0.2, 0) is 26.2 Å². The van der Waals surface area contributed by atoms with Gasteiger partial charge in [-0.05, 0) is 74.5 Å². The molecule has 6 aromatic heterocycles. The Labute approximate surface area is 358 Å². The second-order valence-electron chi connectivity index (χ2n) is 13.5. The average molecular weight is 876 g/mol. The molecule has 0 unspecified atom stereocenters. The lowest BCUT2D eigenvalue weighted by molar-refractivity contribution is 0.238. The fourth-order valence-corrected chi connectivity index (χ4v) is 8.44. The lowest BCUT2D eigenvalue weighted by Gasteiger charge is -2.05. The van der Waals surface area contributed by atoms with Gasteiger partial charge in [0, 0.05) is 20.8 Å². The number of nitrogens with one attached hydrogen (secondary N) is 2. The summed E-state index contributed by atoms with van der Waals surface area (Å²) in [5.41, 5.74) is 8.24. The second kappa shape index (κ2) is 16.6. The standard InChI is InChI=1S/2C20H16ClN7OS/c1-12-23-15-7-6-13(21)8-18(15)27(12)10-14-11-30-19(24-14)9-22-20(29)28-17-5-3-2-4-16(17)25-26-28;1-12-23-16-8-13(21)6-7-17(16)27(12)10-14-11-30-19(24-14)9-22-20(29)28-18-5-3-2-4-15(18)25-26-28/h2*2-8,11H,9-10H2,1H3,(H,22,29). The zero-order chi connectivity index (χ0) is 41.3. The number of carbonyl (C=O) groups is 2. The van der Waals surface area contributed by atoms with Crippen molar-refractivity contribution in [3.8, 4) is 0 Å². The van der Waals surface area contributed by atoms with Gasteiger partial charge in [-0.2, -0.15) is 9.36 Å². The molecule has 0 saturated heterocycles. The Morgan fingerprint density at radius 3 is 1.65 bits per heavy atom. The van der Waals surface area contributed by atoms with Crippen molar-refractivity contribution in [1.82, 2.24) is 69.7 Å². The lowest BCUT2D eigenvalue weighted by atomic mass is 10.3. The Morgan fingerprint density at radius 2 is 1.07 bits per heavy atom. The minimum Gasteiger partial charge on any atom is -0.330 e. The highest BCUT2D eigenvalue weighted by molar-refractivity contribution is 7.09. The smallest absolute Gasteiger partial charge is 0.330 e. The average Bonchev–Trinajstić information content (AvgIpc) is 4.12. The summed E-state index contributed by atoms with van der Waals surface area (Å²) in [7, 11) is 0. The topological polar surface area (TPSA) is 181 Å². The summed E-state index contributed by atoms with van der Waals surface area (Å²) in [4.78, 5) is 43.4. The van der Waals surface area contributed by atoms with Crippen LogP contribution in [-0.4, -0.2) is 71.1 Å². The number of para-hydroxylation sites is 2. The molecule has 0 atom stereocenters. The summed E-state index contributed by atoms with van der Waals surface area (Å²) in [6.45, 7) is 5.74. The molecule has 6 heterocycles. The first-order valence-corrected chi connectivity index (χ1v) is 21.0. The van der Waals surface area contributed by atoms with Crippen LogP contribution < -0.4 is 10.6 Å². The van der Waals surface area contributed by atoms with Crippen LogP contribution >= 0.6 is 45.9 Å². The van der Waals surface area contributed by atoms with Crippen LogP contribution in [0.2, 0.25) is 10.0 Å². The molecule has 0 aliphatic rings. The van der Waals surface area contributed by atoms with E-state index in [1.165, 1.54) is 32.0 Å². The molecule has 0 aliphatic carbocycles. The van der Waals surface area contributed by atoms with Crippen molar-refractivity contribution in [2.24, 2.45) is 0 Å². The fourth-order valence-electron chi connectivity index (χ4n) is 6.66. The molecule has 10 rings (SSSR count). The van der Waals surface area contributed by atoms with E-state index in [0.717, 1.165) is 55.1 Å². The lowest BCUT2D eigenvalue weighted by Crippen LogP contribution is -2.28. The van der Waals surface area contributed by atoms with E-state index in [0.29, 0.717) is 58.3 Å². The molecule has 20 heteroatoms. The molecule has 0 radical (unpaired) electrons. The van der Waals surface area contributed by atoms with Gasteiger partial charge >= 0.3 is 12.1 Å². The molecule has 10 aromatic rings. The van der Waals surface area contributed by atoms with Gasteiger partial charge in [0.25, 0.3) is 0 Å². The van der Waals surface area contributed by atoms with E-state index in [9.17, 15) is 9.59 Å². The van der Waals surface area contributed by atoms with Crippen LogP contribution in [0, 0.1) is 13.8 Å². The molecule has 4 aromatic carbocycles. The van der Waals surface area contributed by atoms with Crippen LogP contribution in [0.25, 0.3) is 44.1 Å². The molecule has 0 aliphatic heterocycles. The number of aryl methyl sites for hydroxylation is 2. The molecule has 0 spiro atoms. The maximum atomic E-state index is 12.5. The number of fused-ring (bicyclic) bond motifs is 4. The monoisotopic (exact) mass is 874 g/mol. The van der Waals surface area contributed by atoms with Crippen LogP contribution in [0.5, 0.6) is 0 Å². The van der Waals surface area contributed by atoms with Gasteiger partial charge in [-0.3, -0.25) is 0 Å². The van der Waals surface area contributed by atoms with Crippen molar-refractivity contribution in [2.75, 3.05) is 0 Å². The van der Waals surface area contributed by atoms with Crippen LogP contribution in [0.3, 0.4) is 0 Å². The van der Waals surface area contributed by atoms with Gasteiger partial charge < -0.3 is 19.8 Å². The van der Waals surface area contributed by atoms with Crippen molar-refractivity contribution in [3.05, 3.63) is 139 Å². The quantitative estimate of drug-likeness (QED) is 0.152. The molecular formula is C40H32Cl2N14O2S2. The van der Waals surface area contributed by atoms with Crippen LogP contribution in [0.1, 0.15) is 33.1 Å². The number of carbonyl (C=O) groups excluding carboxylic acids is 2. The summed E-state index contributed by atoms with van der Waals surface area (Å²) in [5.74, 6) is 1.79. The maximum absolute atomic E-state index is 12.5. The number of amides is 2. The molecular weight excluding hydrogens is 844 g/mol. The normalized spacial score (nSPS) is 11.4. The summed E-state index contributed by atoms with van der Waals surface area (Å²) in [6, 6.07) is 25.3. The van der Waals surface area contributed by atoms with Gasteiger partial charge in [0.15, 0.2) is 0 Å². The highest BCUT2D eigenvalue weighted by Gasteiger charge is 2.16. The molecule has 0 bridgehead atoms. The van der Waals surface area contributed by atoms with Gasteiger partial charge in [-0.25, -0.2) is 29.5 Å². The van der Waals surface area contributed by atoms with Crippen molar-refractivity contribution < 1.29 is 9.59 Å². The summed E-state index contributed by atoms with van der Waals surface area (Å²) in [6.07, 6.45) is 0. The maximum Gasteiger partial charge on any atom is 0.344 e. The Balaban J connectivity index is 0.000000154. The van der Waals surface area contributed by atoms with Crippen molar-refractivity contribution in [3.63, 3.8) is 0 Å². The number of imidazole rings is 2. The highest BCUT2D eigenvalue weighted by atomic mass is 35.5. The zero-order valence-electron chi connectivity index (χ0n) is 31.8. The van der Waals surface area contributed by atoms with Crippen LogP contribution in [0.4, 0.5) is 9.59 Å². The Kier molecular flexibility index (Phi) is 10.7. The summed E-state index contributed by atoms with van der Waals surface area (Å²) >= 11 is 15.2. The number of halogens is 2. The third-order valence-corrected chi connectivity index (χ3v) is 11.8.